The van der Waals surface area contributed by atoms with Gasteiger partial charge in [-0.05, 0) is 37.5 Å². The van der Waals surface area contributed by atoms with E-state index in [-0.39, 0.29) is 0 Å². The number of hydrogen-bond acceptors (Lipinski definition) is 4. The van der Waals surface area contributed by atoms with E-state index in [0.717, 1.165) is 22.0 Å². The summed E-state index contributed by atoms with van der Waals surface area (Å²) < 4.78 is 27.7. The van der Waals surface area contributed by atoms with E-state index in [9.17, 15) is 13.2 Å². The lowest BCUT2D eigenvalue weighted by molar-refractivity contribution is -0.121. The molecule has 1 atom stereocenters. The van der Waals surface area contributed by atoms with Crippen LogP contribution in [0, 0.1) is 6.92 Å². The summed E-state index contributed by atoms with van der Waals surface area (Å²) in [4.78, 5) is 17.3. The van der Waals surface area contributed by atoms with E-state index in [4.69, 9.17) is 11.6 Å². The molecule has 1 aromatic heterocycles. The molecule has 0 bridgehead atoms. The molecule has 0 N–H and O–H groups in total. The van der Waals surface area contributed by atoms with Crippen LogP contribution in [-0.2, 0) is 21.9 Å². The first-order chi connectivity index (χ1) is 11.2. The van der Waals surface area contributed by atoms with Crippen LogP contribution in [0.4, 0.5) is 0 Å². The highest BCUT2D eigenvalue weighted by Gasteiger charge is 2.36. The SMILES string of the molecule is Cc1cc(Cl)cc2sc(=NC(=O)C3CCCN3S(C)(=O)=O)n(C)c12. The van der Waals surface area contributed by atoms with Crippen LogP contribution < -0.4 is 4.80 Å². The highest BCUT2D eigenvalue weighted by Crippen LogP contribution is 2.25. The van der Waals surface area contributed by atoms with Crippen molar-refractivity contribution in [2.24, 2.45) is 12.0 Å². The molecule has 0 aliphatic carbocycles. The van der Waals surface area contributed by atoms with Crippen LogP contribution in [0.25, 0.3) is 10.2 Å². The minimum atomic E-state index is -3.40. The van der Waals surface area contributed by atoms with Gasteiger partial charge in [-0.15, -0.1) is 0 Å². The second kappa shape index (κ2) is 6.25. The molecule has 1 fully saturated rings. The van der Waals surface area contributed by atoms with Gasteiger partial charge in [-0.1, -0.05) is 22.9 Å². The molecule has 1 unspecified atom stereocenters. The van der Waals surface area contributed by atoms with Crippen molar-refractivity contribution in [3.05, 3.63) is 27.5 Å². The van der Waals surface area contributed by atoms with Gasteiger partial charge in [-0.2, -0.15) is 9.30 Å². The van der Waals surface area contributed by atoms with Crippen molar-refractivity contribution < 1.29 is 13.2 Å². The zero-order chi connectivity index (χ0) is 17.6. The van der Waals surface area contributed by atoms with Gasteiger partial charge in [-0.25, -0.2) is 8.42 Å². The number of aryl methyl sites for hydroxylation is 2. The number of sulfonamides is 1. The Morgan fingerprint density at radius 3 is 2.79 bits per heavy atom. The number of carbonyl (C=O) groups is 1. The third kappa shape index (κ3) is 3.15. The molecule has 2 heterocycles. The summed E-state index contributed by atoms with van der Waals surface area (Å²) in [5, 5.41) is 0.638. The van der Waals surface area contributed by atoms with Gasteiger partial charge < -0.3 is 4.57 Å². The first kappa shape index (κ1) is 17.6. The third-order valence-electron chi connectivity index (χ3n) is 4.17. The maximum Gasteiger partial charge on any atom is 0.266 e. The fourth-order valence-electron chi connectivity index (χ4n) is 3.13. The first-order valence-corrected chi connectivity index (χ1v) is 10.5. The van der Waals surface area contributed by atoms with Crippen LogP contribution in [0.5, 0.6) is 0 Å². The number of hydrogen-bond donors (Lipinski definition) is 0. The maximum atomic E-state index is 12.5. The Hall–Kier alpha value is -1.22. The molecule has 2 aromatic rings. The van der Waals surface area contributed by atoms with Gasteiger partial charge in [0.2, 0.25) is 10.0 Å². The number of halogens is 1. The Balaban J connectivity index is 2.06. The minimum Gasteiger partial charge on any atom is -0.319 e. The third-order valence-corrected chi connectivity index (χ3v) is 6.76. The molecule has 130 valence electrons. The summed E-state index contributed by atoms with van der Waals surface area (Å²) in [7, 11) is -1.56. The number of fused-ring (bicyclic) bond motifs is 1. The fraction of sp³-hybridized carbons (Fsp3) is 0.467. The number of benzene rings is 1. The van der Waals surface area contributed by atoms with Crippen molar-refractivity contribution in [3.63, 3.8) is 0 Å². The fourth-order valence-corrected chi connectivity index (χ4v) is 5.72. The Bertz CT molecular complexity index is 991. The van der Waals surface area contributed by atoms with Crippen LogP contribution in [0.2, 0.25) is 5.02 Å². The van der Waals surface area contributed by atoms with Crippen LogP contribution in [0.15, 0.2) is 17.1 Å². The van der Waals surface area contributed by atoms with Gasteiger partial charge in [0.1, 0.15) is 6.04 Å². The molecule has 1 aromatic carbocycles. The number of aromatic nitrogens is 1. The van der Waals surface area contributed by atoms with Crippen molar-refractivity contribution in [3.8, 4) is 0 Å². The predicted molar refractivity (Wildman–Crippen MR) is 95.7 cm³/mol. The second-order valence-electron chi connectivity index (χ2n) is 5.99. The smallest absolute Gasteiger partial charge is 0.266 e. The second-order valence-corrected chi connectivity index (χ2v) is 9.38. The molecule has 0 radical (unpaired) electrons. The van der Waals surface area contributed by atoms with Gasteiger partial charge in [0.25, 0.3) is 5.91 Å². The zero-order valence-electron chi connectivity index (χ0n) is 13.6. The number of thiazole rings is 1. The van der Waals surface area contributed by atoms with E-state index in [1.165, 1.54) is 15.6 Å². The van der Waals surface area contributed by atoms with Gasteiger partial charge in [0.15, 0.2) is 4.80 Å². The van der Waals surface area contributed by atoms with Crippen LogP contribution in [0.3, 0.4) is 0 Å². The Kier molecular flexibility index (Phi) is 4.59. The average molecular weight is 388 g/mol. The normalized spacial score (nSPS) is 20.2. The summed E-state index contributed by atoms with van der Waals surface area (Å²) in [5.74, 6) is -0.413. The van der Waals surface area contributed by atoms with Gasteiger partial charge >= 0.3 is 0 Å². The van der Waals surface area contributed by atoms with Crippen molar-refractivity contribution in [2.45, 2.75) is 25.8 Å². The lowest BCUT2D eigenvalue weighted by atomic mass is 10.2. The monoisotopic (exact) mass is 387 g/mol. The lowest BCUT2D eigenvalue weighted by Crippen LogP contribution is -2.39. The lowest BCUT2D eigenvalue weighted by Gasteiger charge is -2.18. The number of carbonyl (C=O) groups excluding carboxylic acids is 1. The average Bonchev–Trinajstić information content (AvgIpc) is 3.04. The molecule has 1 aliphatic rings. The zero-order valence-corrected chi connectivity index (χ0v) is 16.0. The molecular formula is C15H18ClN3O3S2. The first-order valence-electron chi connectivity index (χ1n) is 7.49. The van der Waals surface area contributed by atoms with Crippen LogP contribution in [-0.4, -0.2) is 42.0 Å². The highest BCUT2D eigenvalue weighted by molar-refractivity contribution is 7.88. The standard InChI is InChI=1S/C15H18ClN3O3S2/c1-9-7-10(16)8-12-13(9)18(2)15(23-12)17-14(20)11-5-4-6-19(11)24(3,21)22/h7-8,11H,4-6H2,1-3H3. The molecule has 9 heteroatoms. The Labute approximate surface area is 149 Å². The molecule has 0 saturated carbocycles. The molecule has 24 heavy (non-hydrogen) atoms. The van der Waals surface area contributed by atoms with Crippen molar-refractivity contribution in [2.75, 3.05) is 12.8 Å². The van der Waals surface area contributed by atoms with E-state index >= 15 is 0 Å². The van der Waals surface area contributed by atoms with Crippen molar-refractivity contribution >= 4 is 49.1 Å². The Morgan fingerprint density at radius 2 is 2.12 bits per heavy atom. The molecule has 1 saturated heterocycles. The van der Waals surface area contributed by atoms with Crippen LogP contribution in [0.1, 0.15) is 18.4 Å². The molecule has 6 nitrogen and oxygen atoms in total. The van der Waals surface area contributed by atoms with Gasteiger partial charge in [-0.3, -0.25) is 4.79 Å². The number of nitrogens with zero attached hydrogens (tertiary/aromatic N) is 3. The maximum absolute atomic E-state index is 12.5. The molecule has 1 aliphatic heterocycles. The van der Waals surface area contributed by atoms with Gasteiger partial charge in [0, 0.05) is 18.6 Å². The van der Waals surface area contributed by atoms with Crippen LogP contribution >= 0.6 is 22.9 Å². The molecule has 0 spiro atoms. The summed E-state index contributed by atoms with van der Waals surface area (Å²) in [6.07, 6.45) is 2.31. The number of rotatable bonds is 2. The van der Waals surface area contributed by atoms with E-state index in [2.05, 4.69) is 4.99 Å². The van der Waals surface area contributed by atoms with Gasteiger partial charge in [0.05, 0.1) is 16.5 Å². The summed E-state index contributed by atoms with van der Waals surface area (Å²) in [6.45, 7) is 2.33. The molecule has 3 rings (SSSR count). The molecule has 1 amide bonds. The Morgan fingerprint density at radius 1 is 1.42 bits per heavy atom. The van der Waals surface area contributed by atoms with Crippen molar-refractivity contribution in [1.29, 1.82) is 0 Å². The quantitative estimate of drug-likeness (QED) is 0.791. The topological polar surface area (TPSA) is 71.7 Å². The predicted octanol–water partition coefficient (Wildman–Crippen LogP) is 2.05. The van der Waals surface area contributed by atoms with E-state index in [1.807, 2.05) is 30.7 Å². The summed E-state index contributed by atoms with van der Waals surface area (Å²) >= 11 is 7.46. The highest BCUT2D eigenvalue weighted by atomic mass is 35.5. The van der Waals surface area contributed by atoms with E-state index < -0.39 is 22.0 Å². The number of amides is 1. The minimum absolute atomic E-state index is 0.373. The summed E-state index contributed by atoms with van der Waals surface area (Å²) in [5.41, 5.74) is 1.98. The largest absolute Gasteiger partial charge is 0.319 e. The summed E-state index contributed by atoms with van der Waals surface area (Å²) in [6, 6.07) is 3.01. The molecular weight excluding hydrogens is 370 g/mol. The van der Waals surface area contributed by atoms with Crippen molar-refractivity contribution in [1.82, 2.24) is 8.87 Å². The van der Waals surface area contributed by atoms with E-state index in [0.29, 0.717) is 29.2 Å². The van der Waals surface area contributed by atoms with E-state index in [1.54, 1.807) is 0 Å².